The number of ether oxygens (including phenoxy) is 1. The number of nitrogens with zero attached hydrogens (tertiary/aromatic N) is 2. The first-order valence-corrected chi connectivity index (χ1v) is 8.09. The number of hydrogen-bond acceptors (Lipinski definition) is 4. The average molecular weight is 362 g/mol. The highest BCUT2D eigenvalue weighted by atomic mass is 19.2. The monoisotopic (exact) mass is 362 g/mol. The zero-order valence-corrected chi connectivity index (χ0v) is 13.7. The molecule has 2 aromatic rings. The Hall–Kier alpha value is -3.03. The maximum Gasteiger partial charge on any atom is 0.269 e. The van der Waals surface area contributed by atoms with E-state index in [-0.39, 0.29) is 23.4 Å². The topological polar surface area (TPSA) is 72.7 Å². The summed E-state index contributed by atoms with van der Waals surface area (Å²) in [5, 5.41) is 10.7. The molecule has 1 fully saturated rings. The van der Waals surface area contributed by atoms with E-state index in [0.717, 1.165) is 12.1 Å². The number of amides is 1. The van der Waals surface area contributed by atoms with Crippen molar-refractivity contribution in [3.05, 3.63) is 69.8 Å². The molecule has 0 bridgehead atoms. The molecule has 6 nitrogen and oxygen atoms in total. The summed E-state index contributed by atoms with van der Waals surface area (Å²) in [5.74, 6) is -1.84. The van der Waals surface area contributed by atoms with Crippen molar-refractivity contribution in [3.8, 4) is 5.75 Å². The molecule has 1 saturated heterocycles. The third-order valence-corrected chi connectivity index (χ3v) is 4.25. The minimum Gasteiger partial charge on any atom is -0.490 e. The second kappa shape index (κ2) is 7.47. The Morgan fingerprint density at radius 2 is 1.73 bits per heavy atom. The summed E-state index contributed by atoms with van der Waals surface area (Å²) in [6.45, 7) is 0.897. The number of benzene rings is 2. The number of halogens is 2. The first-order chi connectivity index (χ1) is 12.4. The molecule has 136 valence electrons. The number of carbonyl (C=O) groups is 1. The second-order valence-electron chi connectivity index (χ2n) is 5.99. The Kier molecular flexibility index (Phi) is 5.11. The molecule has 0 saturated carbocycles. The maximum atomic E-state index is 13.2. The van der Waals surface area contributed by atoms with Crippen LogP contribution in [0.15, 0.2) is 42.5 Å². The number of piperidine rings is 1. The van der Waals surface area contributed by atoms with E-state index in [0.29, 0.717) is 31.5 Å². The van der Waals surface area contributed by atoms with Gasteiger partial charge < -0.3 is 9.64 Å². The largest absolute Gasteiger partial charge is 0.490 e. The molecule has 26 heavy (non-hydrogen) atoms. The van der Waals surface area contributed by atoms with Gasteiger partial charge in [-0.2, -0.15) is 0 Å². The Balaban J connectivity index is 1.56. The average Bonchev–Trinajstić information content (AvgIpc) is 2.65. The van der Waals surface area contributed by atoms with E-state index in [2.05, 4.69) is 0 Å². The van der Waals surface area contributed by atoms with Gasteiger partial charge in [0, 0.05) is 49.7 Å². The van der Waals surface area contributed by atoms with Crippen LogP contribution in [-0.4, -0.2) is 34.9 Å². The molecule has 1 amide bonds. The van der Waals surface area contributed by atoms with Crippen molar-refractivity contribution >= 4 is 11.6 Å². The maximum absolute atomic E-state index is 13.2. The van der Waals surface area contributed by atoms with Crippen LogP contribution >= 0.6 is 0 Å². The molecule has 0 spiro atoms. The van der Waals surface area contributed by atoms with Crippen LogP contribution in [0.5, 0.6) is 5.75 Å². The highest BCUT2D eigenvalue weighted by Gasteiger charge is 2.25. The van der Waals surface area contributed by atoms with Crippen LogP contribution in [0.25, 0.3) is 0 Å². The number of hydrogen-bond donors (Lipinski definition) is 0. The minimum atomic E-state index is -0.965. The van der Waals surface area contributed by atoms with E-state index in [1.165, 1.54) is 30.3 Å². The van der Waals surface area contributed by atoms with Crippen LogP contribution in [0.1, 0.15) is 23.2 Å². The minimum absolute atomic E-state index is 0.0693. The van der Waals surface area contributed by atoms with Crippen molar-refractivity contribution in [2.45, 2.75) is 18.9 Å². The number of carbonyl (C=O) groups excluding carboxylic acids is 1. The van der Waals surface area contributed by atoms with Crippen LogP contribution in [0.4, 0.5) is 14.5 Å². The van der Waals surface area contributed by atoms with Gasteiger partial charge in [-0.05, 0) is 24.3 Å². The Morgan fingerprint density at radius 1 is 1.08 bits per heavy atom. The smallest absolute Gasteiger partial charge is 0.269 e. The van der Waals surface area contributed by atoms with Crippen molar-refractivity contribution in [1.82, 2.24) is 4.90 Å². The molecule has 1 aliphatic heterocycles. The second-order valence-corrected chi connectivity index (χ2v) is 5.99. The van der Waals surface area contributed by atoms with Crippen LogP contribution in [0.3, 0.4) is 0 Å². The molecule has 0 N–H and O–H groups in total. The molecule has 2 aromatic carbocycles. The zero-order chi connectivity index (χ0) is 18.7. The van der Waals surface area contributed by atoms with Crippen molar-refractivity contribution in [1.29, 1.82) is 0 Å². The molecule has 0 aromatic heterocycles. The first-order valence-electron chi connectivity index (χ1n) is 8.09. The lowest BCUT2D eigenvalue weighted by Gasteiger charge is -2.32. The van der Waals surface area contributed by atoms with Gasteiger partial charge in [0.2, 0.25) is 0 Å². The van der Waals surface area contributed by atoms with Crippen LogP contribution < -0.4 is 4.74 Å². The van der Waals surface area contributed by atoms with E-state index in [4.69, 9.17) is 4.74 Å². The summed E-state index contributed by atoms with van der Waals surface area (Å²) in [6.07, 6.45) is 0.913. The molecule has 1 aliphatic rings. The van der Waals surface area contributed by atoms with E-state index in [1.807, 2.05) is 0 Å². The van der Waals surface area contributed by atoms with Gasteiger partial charge in [-0.3, -0.25) is 14.9 Å². The van der Waals surface area contributed by atoms with Crippen molar-refractivity contribution in [2.75, 3.05) is 13.1 Å². The highest BCUT2D eigenvalue weighted by molar-refractivity contribution is 5.94. The number of non-ortho nitro benzene ring substituents is 1. The summed E-state index contributed by atoms with van der Waals surface area (Å²) in [7, 11) is 0. The Bertz CT molecular complexity index is 818. The quantitative estimate of drug-likeness (QED) is 0.616. The summed E-state index contributed by atoms with van der Waals surface area (Å²) >= 11 is 0. The molecule has 0 aliphatic carbocycles. The Morgan fingerprint density at radius 3 is 2.31 bits per heavy atom. The van der Waals surface area contributed by atoms with Gasteiger partial charge in [0.1, 0.15) is 11.9 Å². The lowest BCUT2D eigenvalue weighted by molar-refractivity contribution is -0.384. The molecular formula is C18H16F2N2O4. The van der Waals surface area contributed by atoms with Gasteiger partial charge >= 0.3 is 0 Å². The lowest BCUT2D eigenvalue weighted by Crippen LogP contribution is -2.41. The number of likely N-dealkylation sites (tertiary alicyclic amines) is 1. The number of nitro benzene ring substituents is 1. The molecule has 3 rings (SSSR count). The van der Waals surface area contributed by atoms with Gasteiger partial charge in [-0.25, -0.2) is 8.78 Å². The fraction of sp³-hybridized carbons (Fsp3) is 0.278. The van der Waals surface area contributed by atoms with E-state index >= 15 is 0 Å². The molecule has 0 unspecified atom stereocenters. The predicted octanol–water partition coefficient (Wildman–Crippen LogP) is 3.56. The molecular weight excluding hydrogens is 346 g/mol. The third kappa shape index (κ3) is 3.96. The molecule has 8 heteroatoms. The number of rotatable bonds is 4. The molecule has 0 radical (unpaired) electrons. The third-order valence-electron chi connectivity index (χ3n) is 4.25. The fourth-order valence-electron chi connectivity index (χ4n) is 2.83. The van der Waals surface area contributed by atoms with Gasteiger partial charge in [0.05, 0.1) is 4.92 Å². The van der Waals surface area contributed by atoms with Crippen LogP contribution in [0, 0.1) is 21.7 Å². The van der Waals surface area contributed by atoms with E-state index in [1.54, 1.807) is 4.90 Å². The summed E-state index contributed by atoms with van der Waals surface area (Å²) in [5.41, 5.74) is 0.316. The zero-order valence-electron chi connectivity index (χ0n) is 13.7. The first kappa shape index (κ1) is 17.8. The standard InChI is InChI=1S/C18H16F2N2O4/c19-16-6-5-15(11-17(16)20)26-14-7-9-21(10-8-14)18(23)12-1-3-13(4-2-12)22(24)25/h1-6,11,14H,7-10H2. The lowest BCUT2D eigenvalue weighted by atomic mass is 10.1. The van der Waals surface area contributed by atoms with Crippen molar-refractivity contribution < 1.29 is 23.2 Å². The van der Waals surface area contributed by atoms with Gasteiger partial charge in [0.15, 0.2) is 11.6 Å². The van der Waals surface area contributed by atoms with Gasteiger partial charge in [0.25, 0.3) is 11.6 Å². The highest BCUT2D eigenvalue weighted by Crippen LogP contribution is 2.22. The van der Waals surface area contributed by atoms with Gasteiger partial charge in [-0.15, -0.1) is 0 Å². The van der Waals surface area contributed by atoms with Crippen molar-refractivity contribution in [2.24, 2.45) is 0 Å². The fourth-order valence-corrected chi connectivity index (χ4v) is 2.83. The van der Waals surface area contributed by atoms with Gasteiger partial charge in [-0.1, -0.05) is 0 Å². The Labute approximate surface area is 148 Å². The summed E-state index contributed by atoms with van der Waals surface area (Å²) < 4.78 is 31.8. The van der Waals surface area contributed by atoms with E-state index in [9.17, 15) is 23.7 Å². The predicted molar refractivity (Wildman–Crippen MR) is 89.0 cm³/mol. The number of nitro groups is 1. The van der Waals surface area contributed by atoms with Crippen LogP contribution in [0.2, 0.25) is 0 Å². The van der Waals surface area contributed by atoms with Crippen LogP contribution in [-0.2, 0) is 0 Å². The van der Waals surface area contributed by atoms with E-state index < -0.39 is 16.6 Å². The molecule has 0 atom stereocenters. The summed E-state index contributed by atoms with van der Waals surface area (Å²) in [6, 6.07) is 8.85. The SMILES string of the molecule is O=C(c1ccc([N+](=O)[O-])cc1)N1CCC(Oc2ccc(F)c(F)c2)CC1. The summed E-state index contributed by atoms with van der Waals surface area (Å²) in [4.78, 5) is 24.2. The molecule has 1 heterocycles. The normalized spacial score (nSPS) is 14.9. The van der Waals surface area contributed by atoms with Crippen molar-refractivity contribution in [3.63, 3.8) is 0 Å².